The number of amides is 2. The zero-order chi connectivity index (χ0) is 24.1. The van der Waals surface area contributed by atoms with E-state index in [0.717, 1.165) is 12.0 Å². The van der Waals surface area contributed by atoms with Crippen molar-refractivity contribution in [1.82, 2.24) is 0 Å². The number of ether oxygens (including phenoxy) is 1. The van der Waals surface area contributed by atoms with Crippen molar-refractivity contribution in [2.75, 3.05) is 11.5 Å². The Morgan fingerprint density at radius 3 is 2.47 bits per heavy atom. The number of non-ortho nitro benzene ring substituents is 1. The Kier molecular flexibility index (Phi) is 5.11. The van der Waals surface area contributed by atoms with Gasteiger partial charge in [0, 0.05) is 17.7 Å². The summed E-state index contributed by atoms with van der Waals surface area (Å²) in [6.07, 6.45) is 2.93. The Bertz CT molecular complexity index is 1280. The molecule has 1 saturated heterocycles. The van der Waals surface area contributed by atoms with Gasteiger partial charge in [0.15, 0.2) is 12.4 Å². The quantitative estimate of drug-likeness (QED) is 0.162. The predicted molar refractivity (Wildman–Crippen MR) is 119 cm³/mol. The first-order chi connectivity index (χ1) is 16.3. The van der Waals surface area contributed by atoms with Gasteiger partial charge in [-0.25, -0.2) is 9.69 Å². The maximum atomic E-state index is 13.1. The molecular formula is C25H20N2O7. The summed E-state index contributed by atoms with van der Waals surface area (Å²) in [6, 6.07) is 11.0. The lowest BCUT2D eigenvalue weighted by atomic mass is 9.82. The van der Waals surface area contributed by atoms with Crippen LogP contribution in [0.25, 0.3) is 0 Å². The number of fused-ring (bicyclic) bond motifs is 5. The molecule has 2 fully saturated rings. The fourth-order valence-corrected chi connectivity index (χ4v) is 5.37. The number of imide groups is 1. The largest absolute Gasteiger partial charge is 0.454 e. The average Bonchev–Trinajstić information content (AvgIpc) is 3.47. The van der Waals surface area contributed by atoms with E-state index in [9.17, 15) is 29.3 Å². The third-order valence-electron chi connectivity index (χ3n) is 6.96. The van der Waals surface area contributed by atoms with Gasteiger partial charge in [-0.05, 0) is 55.5 Å². The summed E-state index contributed by atoms with van der Waals surface area (Å²) in [7, 11) is 0. The van der Waals surface area contributed by atoms with Gasteiger partial charge in [0.2, 0.25) is 11.8 Å². The van der Waals surface area contributed by atoms with Gasteiger partial charge in [-0.2, -0.15) is 0 Å². The summed E-state index contributed by atoms with van der Waals surface area (Å²) in [5.41, 5.74) is 1.58. The highest BCUT2D eigenvalue weighted by molar-refractivity contribution is 6.23. The molecule has 0 spiro atoms. The van der Waals surface area contributed by atoms with Crippen LogP contribution >= 0.6 is 0 Å². The van der Waals surface area contributed by atoms with Gasteiger partial charge in [-0.15, -0.1) is 0 Å². The van der Waals surface area contributed by atoms with Crippen molar-refractivity contribution in [3.8, 4) is 0 Å². The molecule has 0 aromatic heterocycles. The second kappa shape index (κ2) is 8.02. The van der Waals surface area contributed by atoms with E-state index >= 15 is 0 Å². The van der Waals surface area contributed by atoms with Gasteiger partial charge in [0.1, 0.15) is 0 Å². The number of carbonyl (C=O) groups is 4. The molecule has 0 radical (unpaired) electrons. The lowest BCUT2D eigenvalue weighted by Gasteiger charge is -2.19. The van der Waals surface area contributed by atoms with Crippen molar-refractivity contribution in [2.24, 2.45) is 23.7 Å². The number of anilines is 1. The van der Waals surface area contributed by atoms with Crippen molar-refractivity contribution >= 4 is 34.9 Å². The van der Waals surface area contributed by atoms with E-state index in [4.69, 9.17) is 4.74 Å². The van der Waals surface area contributed by atoms with E-state index in [2.05, 4.69) is 6.08 Å². The molecule has 2 bridgehead atoms. The first-order valence-corrected chi connectivity index (χ1v) is 10.9. The molecule has 0 unspecified atom stereocenters. The van der Waals surface area contributed by atoms with Crippen LogP contribution in [0.5, 0.6) is 0 Å². The van der Waals surface area contributed by atoms with Gasteiger partial charge in [-0.1, -0.05) is 17.7 Å². The maximum Gasteiger partial charge on any atom is 0.338 e. The Labute approximate surface area is 194 Å². The molecule has 9 nitrogen and oxygen atoms in total. The number of hydrogen-bond donors (Lipinski definition) is 0. The molecule has 2 aliphatic carbocycles. The van der Waals surface area contributed by atoms with Crippen LogP contribution in [0, 0.1) is 33.8 Å². The minimum absolute atomic E-state index is 0.0787. The van der Waals surface area contributed by atoms with E-state index in [1.165, 1.54) is 41.3 Å². The molecule has 34 heavy (non-hydrogen) atoms. The molecule has 2 aromatic rings. The van der Waals surface area contributed by atoms with E-state index in [-0.39, 0.29) is 52.3 Å². The summed E-state index contributed by atoms with van der Waals surface area (Å²) in [4.78, 5) is 62.4. The smallest absolute Gasteiger partial charge is 0.338 e. The molecule has 172 valence electrons. The van der Waals surface area contributed by atoms with Crippen molar-refractivity contribution in [3.63, 3.8) is 0 Å². The normalized spacial score (nSPS) is 24.7. The van der Waals surface area contributed by atoms with Crippen molar-refractivity contribution in [2.45, 2.75) is 13.3 Å². The van der Waals surface area contributed by atoms with Crippen LogP contribution in [-0.4, -0.2) is 35.1 Å². The molecular weight excluding hydrogens is 440 g/mol. The summed E-state index contributed by atoms with van der Waals surface area (Å²) in [5.74, 6) is -2.32. The molecule has 9 heteroatoms. The summed E-state index contributed by atoms with van der Waals surface area (Å²) in [5, 5.41) is 10.7. The molecule has 5 rings (SSSR count). The first kappa shape index (κ1) is 21.7. The highest BCUT2D eigenvalue weighted by Gasteiger charge is 2.60. The van der Waals surface area contributed by atoms with E-state index in [1.807, 2.05) is 6.92 Å². The number of nitro groups is 1. The number of nitrogens with zero attached hydrogens (tertiary/aromatic N) is 2. The Morgan fingerprint density at radius 2 is 1.76 bits per heavy atom. The van der Waals surface area contributed by atoms with Crippen molar-refractivity contribution in [3.05, 3.63) is 81.4 Å². The molecule has 1 saturated carbocycles. The van der Waals surface area contributed by atoms with Gasteiger partial charge >= 0.3 is 5.97 Å². The first-order valence-electron chi connectivity index (χ1n) is 10.9. The maximum absolute atomic E-state index is 13.1. The van der Waals surface area contributed by atoms with Crippen LogP contribution in [0.2, 0.25) is 0 Å². The minimum atomic E-state index is -0.783. The molecule has 1 heterocycles. The zero-order valence-corrected chi connectivity index (χ0v) is 18.2. The van der Waals surface area contributed by atoms with Crippen molar-refractivity contribution < 1.29 is 28.8 Å². The molecule has 2 aromatic carbocycles. The Morgan fingerprint density at radius 1 is 1.06 bits per heavy atom. The van der Waals surface area contributed by atoms with Gasteiger partial charge in [0.05, 0.1) is 28.0 Å². The number of rotatable bonds is 6. The van der Waals surface area contributed by atoms with Crippen LogP contribution in [0.15, 0.2) is 60.2 Å². The van der Waals surface area contributed by atoms with Crippen molar-refractivity contribution in [1.29, 1.82) is 0 Å². The van der Waals surface area contributed by atoms with Gasteiger partial charge in [-0.3, -0.25) is 24.5 Å². The van der Waals surface area contributed by atoms with Crippen LogP contribution in [0.4, 0.5) is 11.4 Å². The monoisotopic (exact) mass is 460 g/mol. The molecule has 3 aliphatic rings. The number of hydrogen-bond acceptors (Lipinski definition) is 7. The Balaban J connectivity index is 1.28. The molecule has 0 N–H and O–H groups in total. The predicted octanol–water partition coefficient (Wildman–Crippen LogP) is 3.34. The lowest BCUT2D eigenvalue weighted by molar-refractivity contribution is -0.384. The third-order valence-corrected chi connectivity index (χ3v) is 6.96. The standard InChI is InChI=1S/C25H20N2O7/c1-13-9-16-11-19(13)22-21(16)23(29)26(24(22)30)18-4-2-3-15(10-18)25(31)34-12-20(28)14-5-7-17(8-6-14)27(32)33/h2-10,16,19,21-22H,11-12H2,1H3/t16-,19+,21+,22+/m1/s1. The number of esters is 1. The van der Waals surface area contributed by atoms with E-state index < -0.39 is 23.3 Å². The van der Waals surface area contributed by atoms with Crippen LogP contribution in [0.1, 0.15) is 34.1 Å². The van der Waals surface area contributed by atoms with Crippen LogP contribution < -0.4 is 4.90 Å². The highest BCUT2D eigenvalue weighted by Crippen LogP contribution is 2.55. The number of carbonyl (C=O) groups excluding carboxylic acids is 4. The fraction of sp³-hybridized carbons (Fsp3) is 0.280. The highest BCUT2D eigenvalue weighted by atomic mass is 16.6. The summed E-state index contributed by atoms with van der Waals surface area (Å²) < 4.78 is 5.11. The topological polar surface area (TPSA) is 124 Å². The van der Waals surface area contributed by atoms with Gasteiger partial charge in [0.25, 0.3) is 5.69 Å². The van der Waals surface area contributed by atoms with Crippen LogP contribution in [-0.2, 0) is 14.3 Å². The summed E-state index contributed by atoms with van der Waals surface area (Å²) >= 11 is 0. The summed E-state index contributed by atoms with van der Waals surface area (Å²) in [6.45, 7) is 1.44. The number of ketones is 1. The average molecular weight is 460 g/mol. The van der Waals surface area contributed by atoms with Crippen LogP contribution in [0.3, 0.4) is 0 Å². The molecule has 4 atom stereocenters. The molecule has 2 amide bonds. The second-order valence-corrected chi connectivity index (χ2v) is 8.83. The second-order valence-electron chi connectivity index (χ2n) is 8.83. The Hall–Kier alpha value is -4.14. The number of Topliss-reactive ketones (excluding diaryl/α,β-unsaturated/α-hetero) is 1. The van der Waals surface area contributed by atoms with E-state index in [0.29, 0.717) is 5.69 Å². The zero-order valence-electron chi connectivity index (χ0n) is 18.2. The number of benzene rings is 2. The minimum Gasteiger partial charge on any atom is -0.454 e. The SMILES string of the molecule is CC1=C[C@@H]2C[C@@H]1[C@@H]1C(=O)N(c3cccc(C(=O)OCC(=O)c4ccc([N+](=O)[O-])cc4)c3)C(=O)[C@H]12. The fourth-order valence-electron chi connectivity index (χ4n) is 5.37. The van der Waals surface area contributed by atoms with Gasteiger partial charge < -0.3 is 4.74 Å². The number of allylic oxidation sites excluding steroid dienone is 2. The third kappa shape index (κ3) is 3.40. The van der Waals surface area contributed by atoms with E-state index in [1.54, 1.807) is 12.1 Å². The lowest BCUT2D eigenvalue weighted by Crippen LogP contribution is -2.33. The molecule has 1 aliphatic heterocycles. The number of nitro benzene ring substituents is 1.